The van der Waals surface area contributed by atoms with Crippen LogP contribution in [0.1, 0.15) is 47.0 Å². The Labute approximate surface area is 104 Å². The van der Waals surface area contributed by atoms with Crippen molar-refractivity contribution < 1.29 is 10.2 Å². The zero-order valence-corrected chi connectivity index (χ0v) is 11.5. The van der Waals surface area contributed by atoms with Crippen LogP contribution in [0.15, 0.2) is 0 Å². The van der Waals surface area contributed by atoms with E-state index in [1.54, 1.807) is 0 Å². The van der Waals surface area contributed by atoms with E-state index < -0.39 is 5.60 Å². The standard InChI is InChI=1S/C15H26O2/c1-8(2)11-9-7-14(3)10(16)5-6-15(4,17)13(14)12(9)11/h8-13,16-17H,5-7H2,1-4H3/t9-,10-,11-,12?,13?,14+,15+/m1/s1. The summed E-state index contributed by atoms with van der Waals surface area (Å²) in [7, 11) is 0. The summed E-state index contributed by atoms with van der Waals surface area (Å²) in [5.74, 6) is 3.28. The van der Waals surface area contributed by atoms with Gasteiger partial charge in [-0.05, 0) is 61.2 Å². The van der Waals surface area contributed by atoms with Crippen molar-refractivity contribution in [1.82, 2.24) is 0 Å². The summed E-state index contributed by atoms with van der Waals surface area (Å²) in [5.41, 5.74) is -0.584. The minimum atomic E-state index is -0.558. The molecule has 0 saturated heterocycles. The highest BCUT2D eigenvalue weighted by Crippen LogP contribution is 2.73. The van der Waals surface area contributed by atoms with Crippen LogP contribution in [-0.4, -0.2) is 21.9 Å². The summed E-state index contributed by atoms with van der Waals surface area (Å²) in [6, 6.07) is 0. The summed E-state index contributed by atoms with van der Waals surface area (Å²) in [6.45, 7) is 8.81. The van der Waals surface area contributed by atoms with Crippen LogP contribution in [0.3, 0.4) is 0 Å². The molecular weight excluding hydrogens is 212 g/mol. The predicted octanol–water partition coefficient (Wildman–Crippen LogP) is 2.44. The van der Waals surface area contributed by atoms with Crippen LogP contribution in [0, 0.1) is 35.0 Å². The van der Waals surface area contributed by atoms with E-state index in [4.69, 9.17) is 0 Å². The quantitative estimate of drug-likeness (QED) is 0.736. The molecule has 3 saturated carbocycles. The number of aliphatic hydroxyl groups excluding tert-OH is 1. The van der Waals surface area contributed by atoms with Crippen LogP contribution in [0.5, 0.6) is 0 Å². The van der Waals surface area contributed by atoms with Gasteiger partial charge in [0.25, 0.3) is 0 Å². The molecule has 0 heterocycles. The second-order valence-corrected chi connectivity index (χ2v) is 7.66. The third-order valence-corrected chi connectivity index (χ3v) is 6.19. The first-order chi connectivity index (χ1) is 7.79. The molecule has 0 spiro atoms. The van der Waals surface area contributed by atoms with E-state index in [-0.39, 0.29) is 11.5 Å². The Bertz CT molecular complexity index is 336. The molecule has 3 aliphatic carbocycles. The van der Waals surface area contributed by atoms with Gasteiger partial charge in [-0.25, -0.2) is 0 Å². The minimum absolute atomic E-state index is 0.0253. The Morgan fingerprint density at radius 1 is 1.24 bits per heavy atom. The van der Waals surface area contributed by atoms with Crippen LogP contribution >= 0.6 is 0 Å². The van der Waals surface area contributed by atoms with Gasteiger partial charge in [0.05, 0.1) is 11.7 Å². The van der Waals surface area contributed by atoms with Crippen molar-refractivity contribution in [3.63, 3.8) is 0 Å². The molecule has 0 radical (unpaired) electrons. The van der Waals surface area contributed by atoms with Gasteiger partial charge >= 0.3 is 0 Å². The monoisotopic (exact) mass is 238 g/mol. The van der Waals surface area contributed by atoms with E-state index in [0.717, 1.165) is 37.0 Å². The molecule has 0 aromatic carbocycles. The fourth-order valence-corrected chi connectivity index (χ4v) is 5.57. The van der Waals surface area contributed by atoms with E-state index in [1.165, 1.54) is 0 Å². The zero-order chi connectivity index (χ0) is 12.6. The number of hydrogen-bond donors (Lipinski definition) is 2. The fraction of sp³-hybridized carbons (Fsp3) is 1.00. The molecule has 2 N–H and O–H groups in total. The lowest BCUT2D eigenvalue weighted by molar-refractivity contribution is -0.150. The largest absolute Gasteiger partial charge is 0.393 e. The Hall–Kier alpha value is -0.0800. The number of hydrogen-bond acceptors (Lipinski definition) is 2. The van der Waals surface area contributed by atoms with Crippen LogP contribution < -0.4 is 0 Å². The smallest absolute Gasteiger partial charge is 0.0657 e. The van der Waals surface area contributed by atoms with E-state index in [9.17, 15) is 10.2 Å². The van der Waals surface area contributed by atoms with Crippen LogP contribution in [0.2, 0.25) is 0 Å². The molecule has 7 atom stereocenters. The van der Waals surface area contributed by atoms with Gasteiger partial charge in [-0.15, -0.1) is 0 Å². The van der Waals surface area contributed by atoms with Crippen molar-refractivity contribution >= 4 is 0 Å². The maximum absolute atomic E-state index is 10.7. The van der Waals surface area contributed by atoms with Gasteiger partial charge in [0.1, 0.15) is 0 Å². The molecular formula is C15H26O2. The number of rotatable bonds is 1. The molecule has 3 rings (SSSR count). The highest BCUT2D eigenvalue weighted by Gasteiger charge is 2.72. The zero-order valence-electron chi connectivity index (χ0n) is 11.5. The maximum Gasteiger partial charge on any atom is 0.0657 e. The summed E-state index contributed by atoms with van der Waals surface area (Å²) in [5, 5.41) is 21.0. The minimum Gasteiger partial charge on any atom is -0.393 e. The highest BCUT2D eigenvalue weighted by atomic mass is 16.3. The molecule has 0 aromatic rings. The summed E-state index contributed by atoms with van der Waals surface area (Å²) < 4.78 is 0. The van der Waals surface area contributed by atoms with Gasteiger partial charge in [0.15, 0.2) is 0 Å². The van der Waals surface area contributed by atoms with Crippen LogP contribution in [-0.2, 0) is 0 Å². The molecule has 0 aromatic heterocycles. The highest BCUT2D eigenvalue weighted by molar-refractivity contribution is 5.20. The van der Waals surface area contributed by atoms with Gasteiger partial charge in [-0.1, -0.05) is 20.8 Å². The first-order valence-corrected chi connectivity index (χ1v) is 7.19. The SMILES string of the molecule is CC(C)[C@H]1C2C3[C@@](C)(O)CC[C@@H](O)[C@]3(C)C[C@@H]21. The van der Waals surface area contributed by atoms with Gasteiger partial charge in [0, 0.05) is 0 Å². The molecule has 0 aliphatic heterocycles. The van der Waals surface area contributed by atoms with E-state index >= 15 is 0 Å². The lowest BCUT2D eigenvalue weighted by Gasteiger charge is -2.51. The van der Waals surface area contributed by atoms with Gasteiger partial charge in [-0.3, -0.25) is 0 Å². The van der Waals surface area contributed by atoms with Crippen LogP contribution in [0.4, 0.5) is 0 Å². The average molecular weight is 238 g/mol. The van der Waals surface area contributed by atoms with Gasteiger partial charge in [-0.2, -0.15) is 0 Å². The van der Waals surface area contributed by atoms with Crippen LogP contribution in [0.25, 0.3) is 0 Å². The summed E-state index contributed by atoms with van der Waals surface area (Å²) >= 11 is 0. The first-order valence-electron chi connectivity index (χ1n) is 7.19. The normalized spacial score (nSPS) is 61.2. The Kier molecular flexibility index (Phi) is 2.30. The van der Waals surface area contributed by atoms with Crippen molar-refractivity contribution in [2.75, 3.05) is 0 Å². The number of fused-ring (bicyclic) bond motifs is 3. The van der Waals surface area contributed by atoms with Crippen molar-refractivity contribution in [3.05, 3.63) is 0 Å². The molecule has 0 bridgehead atoms. The fourth-order valence-electron chi connectivity index (χ4n) is 5.57. The molecule has 17 heavy (non-hydrogen) atoms. The Balaban J connectivity index is 1.92. The third-order valence-electron chi connectivity index (χ3n) is 6.19. The first kappa shape index (κ1) is 12.0. The predicted molar refractivity (Wildman–Crippen MR) is 67.4 cm³/mol. The molecule has 98 valence electrons. The second-order valence-electron chi connectivity index (χ2n) is 7.66. The lowest BCUT2D eigenvalue weighted by atomic mass is 9.58. The number of aliphatic hydroxyl groups is 2. The van der Waals surface area contributed by atoms with Crippen molar-refractivity contribution in [2.45, 2.75) is 58.7 Å². The third kappa shape index (κ3) is 1.40. The van der Waals surface area contributed by atoms with E-state index in [1.807, 2.05) is 6.92 Å². The maximum atomic E-state index is 10.7. The summed E-state index contributed by atoms with van der Waals surface area (Å²) in [4.78, 5) is 0. The molecule has 2 unspecified atom stereocenters. The van der Waals surface area contributed by atoms with Gasteiger partial charge < -0.3 is 10.2 Å². The van der Waals surface area contributed by atoms with E-state index in [0.29, 0.717) is 11.8 Å². The van der Waals surface area contributed by atoms with Gasteiger partial charge in [0.2, 0.25) is 0 Å². The summed E-state index contributed by atoms with van der Waals surface area (Å²) in [6.07, 6.45) is 2.46. The second kappa shape index (κ2) is 3.27. The average Bonchev–Trinajstić information content (AvgIpc) is 2.77. The Morgan fingerprint density at radius 2 is 1.88 bits per heavy atom. The van der Waals surface area contributed by atoms with E-state index in [2.05, 4.69) is 20.8 Å². The van der Waals surface area contributed by atoms with Crippen molar-refractivity contribution in [3.8, 4) is 0 Å². The Morgan fingerprint density at radius 3 is 2.47 bits per heavy atom. The molecule has 3 aliphatic rings. The van der Waals surface area contributed by atoms with Crippen molar-refractivity contribution in [1.29, 1.82) is 0 Å². The molecule has 2 heteroatoms. The topological polar surface area (TPSA) is 40.5 Å². The molecule has 0 amide bonds. The molecule has 3 fully saturated rings. The lowest BCUT2D eigenvalue weighted by Crippen LogP contribution is -2.54. The molecule has 2 nitrogen and oxygen atoms in total. The van der Waals surface area contributed by atoms with Crippen molar-refractivity contribution in [2.24, 2.45) is 35.0 Å².